The van der Waals surface area contributed by atoms with Gasteiger partial charge in [-0.25, -0.2) is 0 Å². The average Bonchev–Trinajstić information content (AvgIpc) is 2.62. The van der Waals surface area contributed by atoms with E-state index in [1.807, 2.05) is 30.3 Å². The van der Waals surface area contributed by atoms with Crippen molar-refractivity contribution in [3.8, 4) is 16.9 Å². The van der Waals surface area contributed by atoms with Gasteiger partial charge in [-0.3, -0.25) is 0 Å². The number of aromatic hydroxyl groups is 1. The van der Waals surface area contributed by atoms with E-state index in [1.165, 1.54) is 5.56 Å². The fraction of sp³-hybridized carbons (Fsp3) is 0.308. The zero-order chi connectivity index (χ0) is 20.5. The maximum atomic E-state index is 11.1. The molecule has 0 fully saturated rings. The lowest BCUT2D eigenvalue weighted by atomic mass is 9.79. The molecule has 0 heterocycles. The van der Waals surface area contributed by atoms with E-state index in [4.69, 9.17) is 0 Å². The van der Waals surface area contributed by atoms with E-state index in [1.54, 1.807) is 0 Å². The van der Waals surface area contributed by atoms with Crippen molar-refractivity contribution < 1.29 is 5.11 Å². The van der Waals surface area contributed by atoms with Crippen LogP contribution in [0.2, 0.25) is 0 Å². The van der Waals surface area contributed by atoms with Gasteiger partial charge in [0.05, 0.1) is 5.69 Å². The molecule has 0 aromatic heterocycles. The Hall–Kier alpha value is -2.74. The van der Waals surface area contributed by atoms with Crippen LogP contribution in [0.4, 0.5) is 11.4 Å². The quantitative estimate of drug-likeness (QED) is 0.469. The number of para-hydroxylation sites is 1. The van der Waals surface area contributed by atoms with Crippen LogP contribution in [-0.2, 0) is 10.8 Å². The zero-order valence-corrected chi connectivity index (χ0v) is 17.8. The van der Waals surface area contributed by atoms with E-state index >= 15 is 0 Å². The maximum absolute atomic E-state index is 11.1. The summed E-state index contributed by atoms with van der Waals surface area (Å²) in [6.45, 7) is 13.0. The second-order valence-corrected chi connectivity index (χ2v) is 9.46. The first kappa shape index (κ1) is 20.0. The van der Waals surface area contributed by atoms with Gasteiger partial charge < -0.3 is 10.4 Å². The van der Waals surface area contributed by atoms with Gasteiger partial charge in [0.1, 0.15) is 5.75 Å². The molecule has 28 heavy (non-hydrogen) atoms. The molecule has 0 amide bonds. The molecule has 0 aliphatic carbocycles. The van der Waals surface area contributed by atoms with Crippen molar-refractivity contribution in [3.63, 3.8) is 0 Å². The monoisotopic (exact) mass is 373 g/mol. The molecule has 0 radical (unpaired) electrons. The fourth-order valence-electron chi connectivity index (χ4n) is 3.34. The normalized spacial score (nSPS) is 12.1. The average molecular weight is 374 g/mol. The molecule has 3 aromatic carbocycles. The van der Waals surface area contributed by atoms with Crippen LogP contribution >= 0.6 is 0 Å². The van der Waals surface area contributed by atoms with Crippen molar-refractivity contribution in [2.45, 2.75) is 52.4 Å². The summed E-state index contributed by atoms with van der Waals surface area (Å²) in [6.07, 6.45) is 0. The Bertz CT molecular complexity index is 960. The minimum absolute atomic E-state index is 0.0108. The summed E-state index contributed by atoms with van der Waals surface area (Å²) in [5.74, 6) is 0.323. The van der Waals surface area contributed by atoms with Crippen molar-refractivity contribution >= 4 is 11.4 Å². The van der Waals surface area contributed by atoms with Crippen LogP contribution < -0.4 is 5.32 Å². The molecule has 0 spiro atoms. The standard InChI is InChI=1S/C26H31NO/c1-25(2,3)19-16-21(26(4,5)6)24(28)23(17-19)27-22-15-11-10-14-20(22)18-12-8-7-9-13-18/h7-17,27-28H,1-6H3. The van der Waals surface area contributed by atoms with Crippen molar-refractivity contribution in [3.05, 3.63) is 77.9 Å². The van der Waals surface area contributed by atoms with E-state index in [0.29, 0.717) is 5.75 Å². The summed E-state index contributed by atoms with van der Waals surface area (Å²) in [6, 6.07) is 22.8. The summed E-state index contributed by atoms with van der Waals surface area (Å²) >= 11 is 0. The van der Waals surface area contributed by atoms with E-state index in [0.717, 1.165) is 28.1 Å². The number of benzene rings is 3. The van der Waals surface area contributed by atoms with Gasteiger partial charge in [-0.2, -0.15) is 0 Å². The number of anilines is 2. The Morgan fingerprint density at radius 1 is 0.679 bits per heavy atom. The molecule has 3 aromatic rings. The predicted molar refractivity (Wildman–Crippen MR) is 121 cm³/mol. The molecule has 0 saturated heterocycles. The van der Waals surface area contributed by atoms with Gasteiger partial charge in [0.15, 0.2) is 0 Å². The number of nitrogens with one attached hydrogen (secondary N) is 1. The summed E-state index contributed by atoms with van der Waals surface area (Å²) < 4.78 is 0. The molecule has 2 nitrogen and oxygen atoms in total. The lowest BCUT2D eigenvalue weighted by Crippen LogP contribution is -2.17. The predicted octanol–water partition coefficient (Wildman–Crippen LogP) is 7.40. The van der Waals surface area contributed by atoms with Crippen molar-refractivity contribution in [1.82, 2.24) is 0 Å². The third-order valence-electron chi connectivity index (χ3n) is 5.07. The van der Waals surface area contributed by atoms with Crippen LogP contribution in [0.5, 0.6) is 5.75 Å². The van der Waals surface area contributed by atoms with Crippen molar-refractivity contribution in [1.29, 1.82) is 0 Å². The third-order valence-corrected chi connectivity index (χ3v) is 5.07. The van der Waals surface area contributed by atoms with Gasteiger partial charge in [-0.1, -0.05) is 96.1 Å². The molecular weight excluding hydrogens is 342 g/mol. The van der Waals surface area contributed by atoms with Crippen molar-refractivity contribution in [2.24, 2.45) is 0 Å². The van der Waals surface area contributed by atoms with Gasteiger partial charge in [0, 0.05) is 16.8 Å². The molecule has 2 heteroatoms. The first-order chi connectivity index (χ1) is 13.1. The highest BCUT2D eigenvalue weighted by Crippen LogP contribution is 2.42. The van der Waals surface area contributed by atoms with Crippen LogP contribution in [0.3, 0.4) is 0 Å². The molecular formula is C26H31NO. The summed E-state index contributed by atoms with van der Waals surface area (Å²) in [4.78, 5) is 0. The third kappa shape index (κ3) is 4.22. The number of rotatable bonds is 3. The van der Waals surface area contributed by atoms with E-state index < -0.39 is 0 Å². The highest BCUT2D eigenvalue weighted by molar-refractivity contribution is 5.82. The summed E-state index contributed by atoms with van der Waals surface area (Å²) in [5.41, 5.74) is 5.99. The molecule has 0 saturated carbocycles. The number of phenolic OH excluding ortho intramolecular Hbond substituents is 1. The van der Waals surface area contributed by atoms with Gasteiger partial charge in [0.25, 0.3) is 0 Å². The van der Waals surface area contributed by atoms with E-state index in [9.17, 15) is 5.11 Å². The zero-order valence-electron chi connectivity index (χ0n) is 17.8. The van der Waals surface area contributed by atoms with E-state index in [-0.39, 0.29) is 10.8 Å². The molecule has 2 N–H and O–H groups in total. The molecule has 0 bridgehead atoms. The minimum Gasteiger partial charge on any atom is -0.505 e. The van der Waals surface area contributed by atoms with Crippen LogP contribution in [0.15, 0.2) is 66.7 Å². The molecule has 3 rings (SSSR count). The SMILES string of the molecule is CC(C)(C)c1cc(Nc2ccccc2-c2ccccc2)c(O)c(C(C)(C)C)c1. The molecule has 0 unspecified atom stereocenters. The van der Waals surface area contributed by atoms with Crippen LogP contribution in [-0.4, -0.2) is 5.11 Å². The first-order valence-corrected chi connectivity index (χ1v) is 9.87. The Morgan fingerprint density at radius 2 is 1.29 bits per heavy atom. The fourth-order valence-corrected chi connectivity index (χ4v) is 3.34. The molecule has 0 aliphatic heterocycles. The van der Waals surface area contributed by atoms with Gasteiger partial charge in [-0.05, 0) is 34.1 Å². The minimum atomic E-state index is -0.152. The lowest BCUT2D eigenvalue weighted by molar-refractivity contribution is 0.447. The highest BCUT2D eigenvalue weighted by atomic mass is 16.3. The van der Waals surface area contributed by atoms with Crippen molar-refractivity contribution in [2.75, 3.05) is 5.32 Å². The number of hydrogen-bond acceptors (Lipinski definition) is 2. The molecule has 146 valence electrons. The van der Waals surface area contributed by atoms with E-state index in [2.05, 4.69) is 83.3 Å². The van der Waals surface area contributed by atoms with Gasteiger partial charge in [-0.15, -0.1) is 0 Å². The van der Waals surface area contributed by atoms with Gasteiger partial charge in [0.2, 0.25) is 0 Å². The smallest absolute Gasteiger partial charge is 0.142 e. The second-order valence-electron chi connectivity index (χ2n) is 9.46. The topological polar surface area (TPSA) is 32.3 Å². The molecule has 0 aliphatic rings. The van der Waals surface area contributed by atoms with Gasteiger partial charge >= 0.3 is 0 Å². The Morgan fingerprint density at radius 3 is 1.89 bits per heavy atom. The summed E-state index contributed by atoms with van der Waals surface area (Å²) in [5, 5.41) is 14.6. The lowest BCUT2D eigenvalue weighted by Gasteiger charge is -2.28. The first-order valence-electron chi connectivity index (χ1n) is 9.87. The second kappa shape index (κ2) is 7.35. The Labute approximate surface area is 169 Å². The number of hydrogen-bond donors (Lipinski definition) is 2. The largest absolute Gasteiger partial charge is 0.505 e. The van der Waals surface area contributed by atoms with Crippen LogP contribution in [0.25, 0.3) is 11.1 Å². The Balaban J connectivity index is 2.14. The van der Waals surface area contributed by atoms with Crippen LogP contribution in [0.1, 0.15) is 52.7 Å². The summed E-state index contributed by atoms with van der Waals surface area (Å²) in [7, 11) is 0. The van der Waals surface area contributed by atoms with Crippen LogP contribution in [0, 0.1) is 0 Å². The maximum Gasteiger partial charge on any atom is 0.142 e. The number of phenols is 1. The molecule has 0 atom stereocenters. The Kier molecular flexibility index (Phi) is 5.25. The highest BCUT2D eigenvalue weighted by Gasteiger charge is 2.25.